The summed E-state index contributed by atoms with van der Waals surface area (Å²) < 4.78 is 6.34. The number of para-hydroxylation sites is 2. The van der Waals surface area contributed by atoms with Gasteiger partial charge in [-0.25, -0.2) is 0 Å². The summed E-state index contributed by atoms with van der Waals surface area (Å²) in [5.74, 6) is 0. The summed E-state index contributed by atoms with van der Waals surface area (Å²) in [5, 5.41) is 2.29. The maximum absolute atomic E-state index is 6.34. The molecule has 7 aromatic rings. The highest BCUT2D eigenvalue weighted by Gasteiger charge is 2.47. The van der Waals surface area contributed by atoms with Crippen molar-refractivity contribution in [2.45, 2.75) is 57.8 Å². The van der Waals surface area contributed by atoms with Crippen LogP contribution in [0.1, 0.15) is 63.8 Å². The lowest BCUT2D eigenvalue weighted by Gasteiger charge is -2.48. The molecule has 0 unspecified atom stereocenters. The summed E-state index contributed by atoms with van der Waals surface area (Å²) in [6, 6.07) is 46.7. The van der Waals surface area contributed by atoms with Crippen LogP contribution in [0.5, 0.6) is 0 Å². The van der Waals surface area contributed by atoms with Crippen LogP contribution in [0.3, 0.4) is 0 Å². The SMILES string of the molecule is CC1(C)c2cc(N(c3ccccc3)c3ccc4c(c3)oc3ccccc34)ccc2-c2cc3c(cc21)C(C)(C)C(C)(C)c1ccccc1-3. The lowest BCUT2D eigenvalue weighted by atomic mass is 9.55. The lowest BCUT2D eigenvalue weighted by Crippen LogP contribution is -2.43. The van der Waals surface area contributed by atoms with Gasteiger partial charge in [0.05, 0.1) is 0 Å². The van der Waals surface area contributed by atoms with Crippen LogP contribution in [0.4, 0.5) is 17.1 Å². The zero-order chi connectivity index (χ0) is 32.3. The Hall–Kier alpha value is -5.08. The molecule has 0 aliphatic heterocycles. The van der Waals surface area contributed by atoms with E-state index in [1.807, 2.05) is 12.1 Å². The van der Waals surface area contributed by atoms with E-state index in [0.717, 1.165) is 39.0 Å². The topological polar surface area (TPSA) is 16.4 Å². The summed E-state index contributed by atoms with van der Waals surface area (Å²) in [6.07, 6.45) is 0. The van der Waals surface area contributed by atoms with Gasteiger partial charge >= 0.3 is 0 Å². The first-order valence-electron chi connectivity index (χ1n) is 16.8. The van der Waals surface area contributed by atoms with Gasteiger partial charge in [0.2, 0.25) is 0 Å². The molecule has 0 fully saturated rings. The van der Waals surface area contributed by atoms with Crippen LogP contribution in [0.15, 0.2) is 132 Å². The maximum Gasteiger partial charge on any atom is 0.137 e. The van der Waals surface area contributed by atoms with Crippen LogP contribution in [0.25, 0.3) is 44.2 Å². The van der Waals surface area contributed by atoms with Gasteiger partial charge < -0.3 is 9.32 Å². The highest BCUT2D eigenvalue weighted by molar-refractivity contribution is 6.06. The first-order valence-corrected chi connectivity index (χ1v) is 16.8. The van der Waals surface area contributed by atoms with Crippen molar-refractivity contribution in [2.75, 3.05) is 4.90 Å². The largest absolute Gasteiger partial charge is 0.456 e. The van der Waals surface area contributed by atoms with Crippen molar-refractivity contribution in [3.8, 4) is 22.3 Å². The predicted octanol–water partition coefficient (Wildman–Crippen LogP) is 12.6. The summed E-state index contributed by atoms with van der Waals surface area (Å²) in [4.78, 5) is 2.36. The zero-order valence-electron chi connectivity index (χ0n) is 28.0. The van der Waals surface area contributed by atoms with Crippen LogP contribution in [0.2, 0.25) is 0 Å². The van der Waals surface area contributed by atoms with Gasteiger partial charge in [0.15, 0.2) is 0 Å². The molecule has 0 atom stereocenters. The van der Waals surface area contributed by atoms with E-state index in [2.05, 4.69) is 162 Å². The Kier molecular flexibility index (Phi) is 5.68. The van der Waals surface area contributed by atoms with Crippen molar-refractivity contribution in [3.05, 3.63) is 150 Å². The smallest absolute Gasteiger partial charge is 0.137 e. The molecule has 1 aromatic heterocycles. The second kappa shape index (κ2) is 9.48. The summed E-state index contributed by atoms with van der Waals surface area (Å²) in [6.45, 7) is 14.5. The number of anilines is 3. The molecule has 1 heterocycles. The molecule has 0 saturated carbocycles. The number of rotatable bonds is 3. The molecule has 0 amide bonds. The molecule has 9 rings (SSSR count). The van der Waals surface area contributed by atoms with Gasteiger partial charge in [-0.3, -0.25) is 0 Å². The average Bonchev–Trinajstić information content (AvgIpc) is 3.55. The van der Waals surface area contributed by atoms with Gasteiger partial charge in [0.1, 0.15) is 11.2 Å². The van der Waals surface area contributed by atoms with Gasteiger partial charge in [-0.1, -0.05) is 114 Å². The highest BCUT2D eigenvalue weighted by Crippen LogP contribution is 2.58. The molecule has 6 aromatic carbocycles. The minimum Gasteiger partial charge on any atom is -0.456 e. The van der Waals surface area contributed by atoms with E-state index in [9.17, 15) is 0 Å². The van der Waals surface area contributed by atoms with Crippen LogP contribution in [-0.4, -0.2) is 0 Å². The van der Waals surface area contributed by atoms with Crippen LogP contribution >= 0.6 is 0 Å². The van der Waals surface area contributed by atoms with Crippen molar-refractivity contribution in [3.63, 3.8) is 0 Å². The number of furan rings is 1. The summed E-state index contributed by atoms with van der Waals surface area (Å²) in [7, 11) is 0. The first kappa shape index (κ1) is 28.2. The molecule has 47 heavy (non-hydrogen) atoms. The minimum absolute atomic E-state index is 0.00469. The van der Waals surface area contributed by atoms with Gasteiger partial charge in [0, 0.05) is 39.3 Å². The molecule has 0 bridgehead atoms. The summed E-state index contributed by atoms with van der Waals surface area (Å²) >= 11 is 0. The van der Waals surface area contributed by atoms with Crippen molar-refractivity contribution in [1.29, 1.82) is 0 Å². The third kappa shape index (κ3) is 3.79. The van der Waals surface area contributed by atoms with E-state index >= 15 is 0 Å². The van der Waals surface area contributed by atoms with E-state index in [4.69, 9.17) is 4.42 Å². The minimum atomic E-state index is -0.155. The Morgan fingerprint density at radius 1 is 0.404 bits per heavy atom. The third-order valence-corrected chi connectivity index (χ3v) is 11.8. The molecular formula is C45H39NO. The Morgan fingerprint density at radius 3 is 1.83 bits per heavy atom. The van der Waals surface area contributed by atoms with Crippen molar-refractivity contribution in [1.82, 2.24) is 0 Å². The molecule has 230 valence electrons. The molecule has 0 N–H and O–H groups in total. The molecule has 2 heteroatoms. The van der Waals surface area contributed by atoms with E-state index < -0.39 is 0 Å². The molecule has 0 radical (unpaired) electrons. The van der Waals surface area contributed by atoms with E-state index in [1.165, 1.54) is 44.5 Å². The van der Waals surface area contributed by atoms with Crippen LogP contribution in [0, 0.1) is 0 Å². The Balaban J connectivity index is 1.22. The highest BCUT2D eigenvalue weighted by atomic mass is 16.3. The number of benzene rings is 6. The normalized spacial score (nSPS) is 16.4. The number of fused-ring (bicyclic) bond motifs is 9. The van der Waals surface area contributed by atoms with Crippen molar-refractivity contribution < 1.29 is 4.42 Å². The van der Waals surface area contributed by atoms with Crippen LogP contribution < -0.4 is 4.90 Å². The third-order valence-electron chi connectivity index (χ3n) is 11.8. The van der Waals surface area contributed by atoms with E-state index in [0.29, 0.717) is 0 Å². The lowest BCUT2D eigenvalue weighted by molar-refractivity contribution is 0.298. The molecule has 2 nitrogen and oxygen atoms in total. The molecule has 0 spiro atoms. The van der Waals surface area contributed by atoms with Crippen molar-refractivity contribution >= 4 is 39.0 Å². The summed E-state index contributed by atoms with van der Waals surface area (Å²) in [5.41, 5.74) is 16.1. The first-order chi connectivity index (χ1) is 22.6. The standard InChI is InChI=1S/C45H39NO/c1-43(2)38-24-29(46(28-14-8-7-9-15-28)30-21-23-34-33-17-11-13-19-41(33)47-42(34)25-30)20-22-32(38)35-26-36-31-16-10-12-18-37(31)44(3,4)45(5,6)40(36)27-39(35)43/h7-27H,1-6H3. The fourth-order valence-corrected chi connectivity index (χ4v) is 8.46. The predicted molar refractivity (Wildman–Crippen MR) is 197 cm³/mol. The van der Waals surface area contributed by atoms with Crippen LogP contribution in [-0.2, 0) is 16.2 Å². The monoisotopic (exact) mass is 609 g/mol. The fraction of sp³-hybridized carbons (Fsp3) is 0.200. The zero-order valence-corrected chi connectivity index (χ0v) is 28.0. The number of hydrogen-bond acceptors (Lipinski definition) is 2. The van der Waals surface area contributed by atoms with Crippen molar-refractivity contribution in [2.24, 2.45) is 0 Å². The molecule has 2 aliphatic rings. The van der Waals surface area contributed by atoms with Gasteiger partial charge in [-0.05, 0) is 104 Å². The maximum atomic E-state index is 6.34. The molecular weight excluding hydrogens is 571 g/mol. The second-order valence-electron chi connectivity index (χ2n) is 15.0. The Morgan fingerprint density at radius 2 is 1.00 bits per heavy atom. The quantitative estimate of drug-likeness (QED) is 0.198. The number of nitrogens with zero attached hydrogens (tertiary/aromatic N) is 1. The molecule has 0 saturated heterocycles. The Labute approximate surface area is 277 Å². The molecule has 2 aliphatic carbocycles. The fourth-order valence-electron chi connectivity index (χ4n) is 8.46. The second-order valence-corrected chi connectivity index (χ2v) is 15.0. The Bertz CT molecular complexity index is 2390. The number of hydrogen-bond donors (Lipinski definition) is 0. The van der Waals surface area contributed by atoms with Gasteiger partial charge in [-0.2, -0.15) is 0 Å². The van der Waals surface area contributed by atoms with Gasteiger partial charge in [0.25, 0.3) is 0 Å². The van der Waals surface area contributed by atoms with E-state index in [-0.39, 0.29) is 16.2 Å². The van der Waals surface area contributed by atoms with E-state index in [1.54, 1.807) is 0 Å². The van der Waals surface area contributed by atoms with Gasteiger partial charge in [-0.15, -0.1) is 0 Å². The average molecular weight is 610 g/mol.